The van der Waals surface area contributed by atoms with Gasteiger partial charge in [0.1, 0.15) is 11.5 Å². The van der Waals surface area contributed by atoms with Gasteiger partial charge in [0.15, 0.2) is 0 Å². The summed E-state index contributed by atoms with van der Waals surface area (Å²) in [6, 6.07) is 22.5. The van der Waals surface area contributed by atoms with Crippen LogP contribution in [-0.2, 0) is 0 Å². The van der Waals surface area contributed by atoms with Crippen LogP contribution in [0.4, 0.5) is 0 Å². The van der Waals surface area contributed by atoms with Gasteiger partial charge in [-0.05, 0) is 53.6 Å². The Morgan fingerprint density at radius 1 is 0.571 bits per heavy atom. The van der Waals surface area contributed by atoms with Crippen molar-refractivity contribution in [2.45, 2.75) is 9.79 Å². The van der Waals surface area contributed by atoms with Gasteiger partial charge in [0.25, 0.3) is 0 Å². The molecule has 0 aromatic heterocycles. The first-order valence-corrected chi connectivity index (χ1v) is 7.39. The van der Waals surface area contributed by atoms with E-state index >= 15 is 0 Å². The van der Waals surface area contributed by atoms with E-state index in [4.69, 9.17) is 0 Å². The van der Waals surface area contributed by atoms with Gasteiger partial charge in [-0.15, -0.1) is 0 Å². The minimum Gasteiger partial charge on any atom is -0.508 e. The standard InChI is InChI=1S/C18H14O2S/c19-15-6-1-4-13(10-15)14-5-2-8-17(11-14)21-18-9-3-7-16(20)12-18/h1-12,19-20H. The van der Waals surface area contributed by atoms with Crippen molar-refractivity contribution in [2.75, 3.05) is 0 Å². The zero-order valence-electron chi connectivity index (χ0n) is 11.2. The minimum atomic E-state index is 0.263. The fourth-order valence-electron chi connectivity index (χ4n) is 2.11. The molecule has 21 heavy (non-hydrogen) atoms. The highest BCUT2D eigenvalue weighted by molar-refractivity contribution is 7.99. The number of benzene rings is 3. The molecule has 0 spiro atoms. The first-order valence-electron chi connectivity index (χ1n) is 6.57. The van der Waals surface area contributed by atoms with E-state index in [0.717, 1.165) is 20.9 Å². The largest absolute Gasteiger partial charge is 0.508 e. The van der Waals surface area contributed by atoms with Crippen LogP contribution < -0.4 is 0 Å². The van der Waals surface area contributed by atoms with E-state index in [-0.39, 0.29) is 11.5 Å². The van der Waals surface area contributed by atoms with Gasteiger partial charge in [-0.25, -0.2) is 0 Å². The molecule has 0 unspecified atom stereocenters. The second kappa shape index (κ2) is 5.94. The lowest BCUT2D eigenvalue weighted by atomic mass is 10.1. The molecule has 0 amide bonds. The van der Waals surface area contributed by atoms with E-state index in [1.54, 1.807) is 36.0 Å². The van der Waals surface area contributed by atoms with Crippen molar-refractivity contribution in [3.63, 3.8) is 0 Å². The Balaban J connectivity index is 1.90. The highest BCUT2D eigenvalue weighted by atomic mass is 32.2. The number of aromatic hydroxyl groups is 2. The lowest BCUT2D eigenvalue weighted by Crippen LogP contribution is -1.79. The van der Waals surface area contributed by atoms with Crippen LogP contribution in [0.5, 0.6) is 11.5 Å². The summed E-state index contributed by atoms with van der Waals surface area (Å²) in [5.41, 5.74) is 2.03. The molecule has 0 bridgehead atoms. The second-order valence-electron chi connectivity index (χ2n) is 4.68. The van der Waals surface area contributed by atoms with Crippen molar-refractivity contribution in [2.24, 2.45) is 0 Å². The van der Waals surface area contributed by atoms with Crippen LogP contribution in [-0.4, -0.2) is 10.2 Å². The number of rotatable bonds is 3. The Morgan fingerprint density at radius 3 is 1.76 bits per heavy atom. The van der Waals surface area contributed by atoms with Crippen LogP contribution in [0.2, 0.25) is 0 Å². The monoisotopic (exact) mass is 294 g/mol. The van der Waals surface area contributed by atoms with Gasteiger partial charge in [-0.2, -0.15) is 0 Å². The average Bonchev–Trinajstić information content (AvgIpc) is 2.47. The first kappa shape index (κ1) is 13.6. The second-order valence-corrected chi connectivity index (χ2v) is 5.82. The third kappa shape index (κ3) is 3.38. The molecule has 0 radical (unpaired) electrons. The van der Waals surface area contributed by atoms with E-state index in [1.807, 2.05) is 42.5 Å². The molecular weight excluding hydrogens is 280 g/mol. The van der Waals surface area contributed by atoms with Gasteiger partial charge < -0.3 is 10.2 Å². The SMILES string of the molecule is Oc1cccc(Sc2cccc(-c3cccc(O)c3)c2)c1. The van der Waals surface area contributed by atoms with Crippen molar-refractivity contribution < 1.29 is 10.2 Å². The van der Waals surface area contributed by atoms with Crippen molar-refractivity contribution in [3.8, 4) is 22.6 Å². The molecule has 2 N–H and O–H groups in total. The van der Waals surface area contributed by atoms with Crippen LogP contribution in [0.25, 0.3) is 11.1 Å². The maximum Gasteiger partial charge on any atom is 0.116 e. The fourth-order valence-corrected chi connectivity index (χ4v) is 3.04. The molecule has 3 rings (SSSR count). The number of hydrogen-bond acceptors (Lipinski definition) is 3. The normalized spacial score (nSPS) is 10.5. The maximum absolute atomic E-state index is 9.58. The third-order valence-corrected chi connectivity index (χ3v) is 4.05. The van der Waals surface area contributed by atoms with Crippen LogP contribution in [0.3, 0.4) is 0 Å². The van der Waals surface area contributed by atoms with Crippen LogP contribution in [0, 0.1) is 0 Å². The number of hydrogen-bond donors (Lipinski definition) is 2. The number of phenols is 2. The maximum atomic E-state index is 9.58. The van der Waals surface area contributed by atoms with Crippen molar-refractivity contribution in [1.29, 1.82) is 0 Å². The Morgan fingerprint density at radius 2 is 1.10 bits per heavy atom. The topological polar surface area (TPSA) is 40.5 Å². The predicted octanol–water partition coefficient (Wildman–Crippen LogP) is 4.92. The van der Waals surface area contributed by atoms with Crippen molar-refractivity contribution >= 4 is 11.8 Å². The molecule has 0 saturated carbocycles. The highest BCUT2D eigenvalue weighted by Gasteiger charge is 2.03. The molecule has 3 aromatic rings. The summed E-state index contributed by atoms with van der Waals surface area (Å²) in [5, 5.41) is 19.1. The molecule has 0 saturated heterocycles. The molecule has 0 aliphatic carbocycles. The molecule has 3 aromatic carbocycles. The van der Waals surface area contributed by atoms with Gasteiger partial charge in [0.05, 0.1) is 0 Å². The third-order valence-electron chi connectivity index (χ3n) is 3.07. The zero-order chi connectivity index (χ0) is 14.7. The van der Waals surface area contributed by atoms with Crippen molar-refractivity contribution in [1.82, 2.24) is 0 Å². The predicted molar refractivity (Wildman–Crippen MR) is 85.8 cm³/mol. The molecule has 104 valence electrons. The highest BCUT2D eigenvalue weighted by Crippen LogP contribution is 2.32. The Hall–Kier alpha value is -2.39. The average molecular weight is 294 g/mol. The van der Waals surface area contributed by atoms with Gasteiger partial charge in [-0.3, -0.25) is 0 Å². The quantitative estimate of drug-likeness (QED) is 0.720. The van der Waals surface area contributed by atoms with Crippen LogP contribution >= 0.6 is 11.8 Å². The summed E-state index contributed by atoms with van der Waals surface area (Å²) in [5.74, 6) is 0.530. The zero-order valence-corrected chi connectivity index (χ0v) is 12.0. The molecule has 0 fully saturated rings. The van der Waals surface area contributed by atoms with Gasteiger partial charge >= 0.3 is 0 Å². The molecular formula is C18H14O2S. The lowest BCUT2D eigenvalue weighted by Gasteiger charge is -2.06. The molecule has 2 nitrogen and oxygen atoms in total. The Kier molecular flexibility index (Phi) is 3.84. The minimum absolute atomic E-state index is 0.263. The molecule has 0 atom stereocenters. The number of phenolic OH excluding ortho intramolecular Hbond substituents is 2. The van der Waals surface area contributed by atoms with Gasteiger partial charge in [-0.1, -0.05) is 42.1 Å². The molecule has 0 aliphatic rings. The van der Waals surface area contributed by atoms with Gasteiger partial charge in [0, 0.05) is 9.79 Å². The van der Waals surface area contributed by atoms with E-state index < -0.39 is 0 Å². The van der Waals surface area contributed by atoms with E-state index in [9.17, 15) is 10.2 Å². The first-order chi connectivity index (χ1) is 10.2. The summed E-state index contributed by atoms with van der Waals surface area (Å²) in [6.07, 6.45) is 0. The van der Waals surface area contributed by atoms with Gasteiger partial charge in [0.2, 0.25) is 0 Å². The van der Waals surface area contributed by atoms with Crippen LogP contribution in [0.1, 0.15) is 0 Å². The smallest absolute Gasteiger partial charge is 0.116 e. The molecule has 0 heterocycles. The Labute approximate surface area is 127 Å². The van der Waals surface area contributed by atoms with Crippen LogP contribution in [0.15, 0.2) is 82.6 Å². The summed E-state index contributed by atoms with van der Waals surface area (Å²) < 4.78 is 0. The molecule has 0 aliphatic heterocycles. The van der Waals surface area contributed by atoms with E-state index in [1.165, 1.54) is 0 Å². The lowest BCUT2D eigenvalue weighted by molar-refractivity contribution is 0.473. The summed E-state index contributed by atoms with van der Waals surface area (Å²) in [4.78, 5) is 2.07. The van der Waals surface area contributed by atoms with Crippen molar-refractivity contribution in [3.05, 3.63) is 72.8 Å². The summed E-state index contributed by atoms with van der Waals surface area (Å²) >= 11 is 1.59. The van der Waals surface area contributed by atoms with E-state index in [0.29, 0.717) is 0 Å². The fraction of sp³-hybridized carbons (Fsp3) is 0. The summed E-state index contributed by atoms with van der Waals surface area (Å²) in [6.45, 7) is 0. The van der Waals surface area contributed by atoms with E-state index in [2.05, 4.69) is 6.07 Å². The summed E-state index contributed by atoms with van der Waals surface area (Å²) in [7, 11) is 0. The Bertz CT molecular complexity index is 768. The molecule has 3 heteroatoms.